The number of hydrogen-bond acceptors (Lipinski definition) is 3. The van der Waals surface area contributed by atoms with E-state index in [1.807, 2.05) is 0 Å². The van der Waals surface area contributed by atoms with E-state index in [0.29, 0.717) is 16.6 Å². The molecule has 0 fully saturated rings. The van der Waals surface area contributed by atoms with Crippen LogP contribution in [0.2, 0.25) is 0 Å². The first-order valence-electron chi connectivity index (χ1n) is 4.48. The molecule has 0 saturated heterocycles. The summed E-state index contributed by atoms with van der Waals surface area (Å²) in [6.07, 6.45) is 1.43. The summed E-state index contributed by atoms with van der Waals surface area (Å²) in [6, 6.07) is 7.51. The van der Waals surface area contributed by atoms with Gasteiger partial charge in [0.1, 0.15) is 12.1 Å². The van der Waals surface area contributed by atoms with Gasteiger partial charge in [0.25, 0.3) is 0 Å². The summed E-state index contributed by atoms with van der Waals surface area (Å²) < 4.78 is 17.3. The van der Waals surface area contributed by atoms with Gasteiger partial charge in [0, 0.05) is 11.8 Å². The van der Waals surface area contributed by atoms with Gasteiger partial charge in [-0.2, -0.15) is 0 Å². The Labute approximate surface area is 96.4 Å². The molecule has 0 bridgehead atoms. The summed E-state index contributed by atoms with van der Waals surface area (Å²) in [5.41, 5.74) is 0.697. The second-order valence-electron chi connectivity index (χ2n) is 2.97. The van der Waals surface area contributed by atoms with Crippen LogP contribution in [-0.4, -0.2) is 10.3 Å². The molecule has 0 unspecified atom stereocenters. The van der Waals surface area contributed by atoms with Crippen LogP contribution in [0.15, 0.2) is 41.1 Å². The molecule has 0 aliphatic rings. The standard InChI is InChI=1S/C10H8FN3OS/c11-7-1-3-8(4-2-7)12-10(16)13-9-5-6-15-14-9/h1-6H,(H2,12,13,14,16). The van der Waals surface area contributed by atoms with Gasteiger partial charge in [-0.15, -0.1) is 0 Å². The topological polar surface area (TPSA) is 50.1 Å². The highest BCUT2D eigenvalue weighted by molar-refractivity contribution is 7.80. The van der Waals surface area contributed by atoms with Crippen LogP contribution >= 0.6 is 12.2 Å². The van der Waals surface area contributed by atoms with Crippen molar-refractivity contribution >= 4 is 28.8 Å². The predicted octanol–water partition coefficient (Wildman–Crippen LogP) is 2.62. The summed E-state index contributed by atoms with van der Waals surface area (Å²) in [5.74, 6) is 0.223. The Kier molecular flexibility index (Phi) is 3.11. The zero-order valence-electron chi connectivity index (χ0n) is 8.11. The number of halogens is 1. The van der Waals surface area contributed by atoms with Gasteiger partial charge in [-0.3, -0.25) is 0 Å². The van der Waals surface area contributed by atoms with Crippen molar-refractivity contribution in [3.63, 3.8) is 0 Å². The van der Waals surface area contributed by atoms with Gasteiger partial charge in [-0.05, 0) is 36.5 Å². The van der Waals surface area contributed by atoms with Gasteiger partial charge in [0.15, 0.2) is 10.9 Å². The van der Waals surface area contributed by atoms with Crippen LogP contribution in [0.1, 0.15) is 0 Å². The summed E-state index contributed by atoms with van der Waals surface area (Å²) in [7, 11) is 0. The highest BCUT2D eigenvalue weighted by Crippen LogP contribution is 2.09. The number of hydrogen-bond donors (Lipinski definition) is 2. The number of anilines is 2. The minimum absolute atomic E-state index is 0.291. The Hall–Kier alpha value is -1.95. The minimum Gasteiger partial charge on any atom is -0.363 e. The quantitative estimate of drug-likeness (QED) is 0.786. The minimum atomic E-state index is -0.291. The highest BCUT2D eigenvalue weighted by Gasteiger charge is 2.00. The molecular weight excluding hydrogens is 229 g/mol. The first-order chi connectivity index (χ1) is 7.74. The van der Waals surface area contributed by atoms with Crippen molar-refractivity contribution in [1.29, 1.82) is 0 Å². The maximum absolute atomic E-state index is 12.6. The van der Waals surface area contributed by atoms with Gasteiger partial charge in [-0.25, -0.2) is 4.39 Å². The first-order valence-corrected chi connectivity index (χ1v) is 4.89. The number of thiocarbonyl (C=S) groups is 1. The molecule has 6 heteroatoms. The van der Waals surface area contributed by atoms with Crippen LogP contribution in [0.3, 0.4) is 0 Å². The lowest BCUT2D eigenvalue weighted by atomic mass is 10.3. The lowest BCUT2D eigenvalue weighted by Crippen LogP contribution is -2.19. The fourth-order valence-corrected chi connectivity index (χ4v) is 1.31. The molecule has 0 saturated carbocycles. The average Bonchev–Trinajstić information content (AvgIpc) is 2.74. The molecule has 2 aromatic rings. The SMILES string of the molecule is Fc1ccc(NC(=S)Nc2ccon2)cc1. The fourth-order valence-electron chi connectivity index (χ4n) is 1.09. The van der Waals surface area contributed by atoms with Crippen molar-refractivity contribution in [3.8, 4) is 0 Å². The molecular formula is C10H8FN3OS. The lowest BCUT2D eigenvalue weighted by Gasteiger charge is -2.07. The van der Waals surface area contributed by atoms with Crippen LogP contribution in [0.4, 0.5) is 15.9 Å². The van der Waals surface area contributed by atoms with Crippen molar-refractivity contribution in [1.82, 2.24) is 5.16 Å². The van der Waals surface area contributed by atoms with E-state index in [1.54, 1.807) is 18.2 Å². The Morgan fingerprint density at radius 1 is 1.19 bits per heavy atom. The van der Waals surface area contributed by atoms with Crippen LogP contribution in [0, 0.1) is 5.82 Å². The molecule has 2 rings (SSSR count). The first kappa shape index (κ1) is 10.6. The molecule has 0 spiro atoms. The Morgan fingerprint density at radius 3 is 2.56 bits per heavy atom. The number of rotatable bonds is 2. The van der Waals surface area contributed by atoms with E-state index < -0.39 is 0 Å². The average molecular weight is 237 g/mol. The van der Waals surface area contributed by atoms with Crippen LogP contribution in [0.5, 0.6) is 0 Å². The lowest BCUT2D eigenvalue weighted by molar-refractivity contribution is 0.423. The summed E-state index contributed by atoms with van der Waals surface area (Å²) >= 11 is 5.02. The number of nitrogens with zero attached hydrogens (tertiary/aromatic N) is 1. The summed E-state index contributed by atoms with van der Waals surface area (Å²) in [4.78, 5) is 0. The normalized spacial score (nSPS) is 9.81. The molecule has 82 valence electrons. The van der Waals surface area contributed by atoms with E-state index >= 15 is 0 Å². The van der Waals surface area contributed by atoms with Crippen molar-refractivity contribution in [3.05, 3.63) is 42.4 Å². The molecule has 0 atom stereocenters. The highest BCUT2D eigenvalue weighted by atomic mass is 32.1. The third-order valence-electron chi connectivity index (χ3n) is 1.78. The molecule has 1 aromatic heterocycles. The Morgan fingerprint density at radius 2 is 1.94 bits per heavy atom. The van der Waals surface area contributed by atoms with E-state index in [2.05, 4.69) is 20.3 Å². The maximum Gasteiger partial charge on any atom is 0.176 e. The molecule has 1 aromatic carbocycles. The number of aromatic nitrogens is 1. The zero-order chi connectivity index (χ0) is 11.4. The number of benzene rings is 1. The maximum atomic E-state index is 12.6. The second-order valence-corrected chi connectivity index (χ2v) is 3.38. The third-order valence-corrected chi connectivity index (χ3v) is 1.99. The van der Waals surface area contributed by atoms with Crippen LogP contribution in [-0.2, 0) is 0 Å². The Balaban J connectivity index is 1.95. The van der Waals surface area contributed by atoms with E-state index in [-0.39, 0.29) is 5.82 Å². The molecule has 16 heavy (non-hydrogen) atoms. The monoisotopic (exact) mass is 237 g/mol. The summed E-state index contributed by atoms with van der Waals surface area (Å²) in [6.45, 7) is 0. The molecule has 0 aliphatic heterocycles. The van der Waals surface area contributed by atoms with Gasteiger partial charge in [0.05, 0.1) is 0 Å². The molecule has 0 aliphatic carbocycles. The molecule has 0 amide bonds. The van der Waals surface area contributed by atoms with Crippen molar-refractivity contribution < 1.29 is 8.91 Å². The fraction of sp³-hybridized carbons (Fsp3) is 0. The predicted molar refractivity (Wildman–Crippen MR) is 62.7 cm³/mol. The second kappa shape index (κ2) is 4.71. The molecule has 4 nitrogen and oxygen atoms in total. The van der Waals surface area contributed by atoms with Crippen molar-refractivity contribution in [2.75, 3.05) is 10.6 Å². The van der Waals surface area contributed by atoms with Crippen molar-refractivity contribution in [2.45, 2.75) is 0 Å². The smallest absolute Gasteiger partial charge is 0.176 e. The van der Waals surface area contributed by atoms with Crippen molar-refractivity contribution in [2.24, 2.45) is 0 Å². The van der Waals surface area contributed by atoms with E-state index in [1.165, 1.54) is 18.4 Å². The van der Waals surface area contributed by atoms with Gasteiger partial charge < -0.3 is 15.2 Å². The number of nitrogens with one attached hydrogen (secondary N) is 2. The zero-order valence-corrected chi connectivity index (χ0v) is 8.92. The third kappa shape index (κ3) is 2.77. The van der Waals surface area contributed by atoms with Gasteiger partial charge in [-0.1, -0.05) is 5.16 Å². The van der Waals surface area contributed by atoms with Gasteiger partial charge >= 0.3 is 0 Å². The molecule has 1 heterocycles. The largest absolute Gasteiger partial charge is 0.363 e. The van der Waals surface area contributed by atoms with E-state index in [4.69, 9.17) is 12.2 Å². The van der Waals surface area contributed by atoms with Crippen LogP contribution < -0.4 is 10.6 Å². The van der Waals surface area contributed by atoms with E-state index in [0.717, 1.165) is 0 Å². The Bertz CT molecular complexity index is 469. The molecule has 2 N–H and O–H groups in total. The van der Waals surface area contributed by atoms with Crippen LogP contribution in [0.25, 0.3) is 0 Å². The van der Waals surface area contributed by atoms with E-state index in [9.17, 15) is 4.39 Å². The molecule has 0 radical (unpaired) electrons. The van der Waals surface area contributed by atoms with Gasteiger partial charge in [0.2, 0.25) is 0 Å². The summed E-state index contributed by atoms with van der Waals surface area (Å²) in [5, 5.41) is 9.69.